The van der Waals surface area contributed by atoms with E-state index < -0.39 is 0 Å². The van der Waals surface area contributed by atoms with Crippen molar-refractivity contribution in [2.45, 2.75) is 19.1 Å². The van der Waals surface area contributed by atoms with E-state index >= 15 is 0 Å². The van der Waals surface area contributed by atoms with E-state index in [1.807, 2.05) is 4.57 Å². The number of hydrogen-bond donors (Lipinski definition) is 1. The number of aromatic nitrogens is 4. The van der Waals surface area contributed by atoms with Crippen molar-refractivity contribution in [1.29, 1.82) is 0 Å². The van der Waals surface area contributed by atoms with E-state index in [9.17, 15) is 4.79 Å². The number of hydrogen-bond acceptors (Lipinski definition) is 4. The zero-order valence-corrected chi connectivity index (χ0v) is 8.01. The summed E-state index contributed by atoms with van der Waals surface area (Å²) < 4.78 is 7.33. The highest BCUT2D eigenvalue weighted by Crippen LogP contribution is 2.24. The van der Waals surface area contributed by atoms with E-state index in [1.54, 1.807) is 6.33 Å². The minimum absolute atomic E-state index is 0.0238. The highest BCUT2D eigenvalue weighted by atomic mass is 16.5. The molecule has 0 radical (unpaired) electrons. The van der Waals surface area contributed by atoms with Gasteiger partial charge in [0.1, 0.15) is 6.23 Å². The molecule has 1 saturated heterocycles. The van der Waals surface area contributed by atoms with Crippen LogP contribution in [-0.2, 0) is 4.74 Å². The van der Waals surface area contributed by atoms with Crippen LogP contribution >= 0.6 is 0 Å². The first kappa shape index (κ1) is 8.60. The molecular weight excluding hydrogens is 196 g/mol. The average Bonchev–Trinajstić information content (AvgIpc) is 2.85. The van der Waals surface area contributed by atoms with Gasteiger partial charge in [0.25, 0.3) is 5.56 Å². The fourth-order valence-corrected chi connectivity index (χ4v) is 1.85. The van der Waals surface area contributed by atoms with Gasteiger partial charge >= 0.3 is 0 Å². The number of fused-ring (bicyclic) bond motifs is 1. The fourth-order valence-electron chi connectivity index (χ4n) is 1.85. The Morgan fingerprint density at radius 2 is 2.47 bits per heavy atom. The summed E-state index contributed by atoms with van der Waals surface area (Å²) in [5.74, 6) is 0. The standard InChI is InChI=1S/C9H10N4O2/c14-9-7-8(10-4-11-9)13(5-12-7)6-2-1-3-15-6/h4-6H,1-3H2,(H,10,11,14)/t6-/m1/s1. The quantitative estimate of drug-likeness (QED) is 0.734. The van der Waals surface area contributed by atoms with Crippen LogP contribution in [0, 0.1) is 0 Å². The molecule has 0 spiro atoms. The van der Waals surface area contributed by atoms with Gasteiger partial charge in [-0.25, -0.2) is 9.97 Å². The zero-order chi connectivity index (χ0) is 10.3. The van der Waals surface area contributed by atoms with Crippen molar-refractivity contribution in [2.24, 2.45) is 0 Å². The largest absolute Gasteiger partial charge is 0.358 e. The molecule has 3 rings (SSSR count). The second-order valence-electron chi connectivity index (χ2n) is 3.52. The Hall–Kier alpha value is -1.69. The maximum absolute atomic E-state index is 11.4. The number of nitrogens with zero attached hydrogens (tertiary/aromatic N) is 3. The van der Waals surface area contributed by atoms with Crippen molar-refractivity contribution in [1.82, 2.24) is 19.5 Å². The predicted octanol–water partition coefficient (Wildman–Crippen LogP) is 0.429. The van der Waals surface area contributed by atoms with Gasteiger partial charge < -0.3 is 9.72 Å². The van der Waals surface area contributed by atoms with Gasteiger partial charge in [0.05, 0.1) is 12.7 Å². The predicted molar refractivity (Wildman–Crippen MR) is 52.4 cm³/mol. The van der Waals surface area contributed by atoms with Gasteiger partial charge in [0.2, 0.25) is 0 Å². The highest BCUT2D eigenvalue weighted by Gasteiger charge is 2.20. The lowest BCUT2D eigenvalue weighted by Crippen LogP contribution is -2.10. The minimum atomic E-state index is -0.211. The molecule has 1 fully saturated rings. The second-order valence-corrected chi connectivity index (χ2v) is 3.52. The van der Waals surface area contributed by atoms with Gasteiger partial charge in [0.15, 0.2) is 11.2 Å². The van der Waals surface area contributed by atoms with Crippen LogP contribution in [-0.4, -0.2) is 26.1 Å². The third-order valence-corrected chi connectivity index (χ3v) is 2.58. The van der Waals surface area contributed by atoms with Crippen molar-refractivity contribution in [2.75, 3.05) is 6.61 Å². The lowest BCUT2D eigenvalue weighted by Gasteiger charge is -2.10. The van der Waals surface area contributed by atoms with Crippen LogP contribution < -0.4 is 5.56 Å². The maximum atomic E-state index is 11.4. The third kappa shape index (κ3) is 1.25. The Morgan fingerprint density at radius 1 is 1.53 bits per heavy atom. The first-order chi connectivity index (χ1) is 7.36. The molecule has 0 aromatic carbocycles. The number of ether oxygens (including phenoxy) is 1. The summed E-state index contributed by atoms with van der Waals surface area (Å²) >= 11 is 0. The molecule has 1 aliphatic heterocycles. The number of rotatable bonds is 1. The summed E-state index contributed by atoms with van der Waals surface area (Å²) in [5.41, 5.74) is 0.746. The van der Waals surface area contributed by atoms with Gasteiger partial charge in [0, 0.05) is 6.61 Å². The van der Waals surface area contributed by atoms with Crippen molar-refractivity contribution in [3.05, 3.63) is 23.0 Å². The minimum Gasteiger partial charge on any atom is -0.358 e. The Bertz CT molecular complexity index is 538. The lowest BCUT2D eigenvalue weighted by atomic mass is 10.3. The highest BCUT2D eigenvalue weighted by molar-refractivity contribution is 5.68. The first-order valence-electron chi connectivity index (χ1n) is 4.88. The number of nitrogens with one attached hydrogen (secondary N) is 1. The Morgan fingerprint density at radius 3 is 3.27 bits per heavy atom. The fraction of sp³-hybridized carbons (Fsp3) is 0.444. The van der Waals surface area contributed by atoms with E-state index in [0.717, 1.165) is 19.4 Å². The molecule has 6 nitrogen and oxygen atoms in total. The molecule has 6 heteroatoms. The lowest BCUT2D eigenvalue weighted by molar-refractivity contribution is 0.0593. The number of imidazole rings is 1. The normalized spacial score (nSPS) is 21.2. The SMILES string of the molecule is O=c1[nH]cnc2c1ncn2[C@H]1CCCO1. The van der Waals surface area contributed by atoms with E-state index in [2.05, 4.69) is 15.0 Å². The Balaban J connectivity index is 2.19. The summed E-state index contributed by atoms with van der Waals surface area (Å²) in [6.07, 6.45) is 4.96. The molecule has 1 aliphatic rings. The molecule has 2 aromatic heterocycles. The van der Waals surface area contributed by atoms with Crippen LogP contribution in [0.5, 0.6) is 0 Å². The maximum Gasteiger partial charge on any atom is 0.278 e. The van der Waals surface area contributed by atoms with Crippen molar-refractivity contribution in [3.8, 4) is 0 Å². The number of H-pyrrole nitrogens is 1. The molecule has 15 heavy (non-hydrogen) atoms. The van der Waals surface area contributed by atoms with Gasteiger partial charge in [-0.2, -0.15) is 0 Å². The van der Waals surface area contributed by atoms with E-state index in [4.69, 9.17) is 4.74 Å². The van der Waals surface area contributed by atoms with E-state index in [-0.39, 0.29) is 11.8 Å². The van der Waals surface area contributed by atoms with Gasteiger partial charge in [-0.1, -0.05) is 0 Å². The second kappa shape index (κ2) is 3.16. The topological polar surface area (TPSA) is 72.8 Å². The molecular formula is C9H10N4O2. The first-order valence-corrected chi connectivity index (χ1v) is 4.88. The van der Waals surface area contributed by atoms with E-state index in [1.165, 1.54) is 6.33 Å². The van der Waals surface area contributed by atoms with Crippen molar-refractivity contribution >= 4 is 11.2 Å². The van der Waals surface area contributed by atoms with Crippen molar-refractivity contribution in [3.63, 3.8) is 0 Å². The molecule has 1 N–H and O–H groups in total. The van der Waals surface area contributed by atoms with Gasteiger partial charge in [-0.05, 0) is 12.8 Å². The molecule has 0 unspecified atom stereocenters. The van der Waals surface area contributed by atoms with Crippen LogP contribution in [0.2, 0.25) is 0 Å². The van der Waals surface area contributed by atoms with Crippen LogP contribution in [0.15, 0.2) is 17.4 Å². The summed E-state index contributed by atoms with van der Waals surface area (Å²) in [6, 6.07) is 0. The van der Waals surface area contributed by atoms with E-state index in [0.29, 0.717) is 11.2 Å². The zero-order valence-electron chi connectivity index (χ0n) is 8.01. The summed E-state index contributed by atoms with van der Waals surface area (Å²) in [5, 5.41) is 0. The molecule has 3 heterocycles. The number of aromatic amines is 1. The Kier molecular flexibility index (Phi) is 1.81. The summed E-state index contributed by atoms with van der Waals surface area (Å²) in [6.45, 7) is 0.757. The van der Waals surface area contributed by atoms with Gasteiger partial charge in [-0.15, -0.1) is 0 Å². The molecule has 0 bridgehead atoms. The molecule has 0 amide bonds. The van der Waals surface area contributed by atoms with Crippen molar-refractivity contribution < 1.29 is 4.74 Å². The molecule has 2 aromatic rings. The monoisotopic (exact) mass is 206 g/mol. The summed E-state index contributed by atoms with van der Waals surface area (Å²) in [7, 11) is 0. The molecule has 0 aliphatic carbocycles. The third-order valence-electron chi connectivity index (χ3n) is 2.58. The van der Waals surface area contributed by atoms with Crippen LogP contribution in [0.3, 0.4) is 0 Å². The average molecular weight is 206 g/mol. The molecule has 78 valence electrons. The van der Waals surface area contributed by atoms with Gasteiger partial charge in [-0.3, -0.25) is 9.36 Å². The smallest absolute Gasteiger partial charge is 0.278 e. The van der Waals surface area contributed by atoms with Crippen LogP contribution in [0.4, 0.5) is 0 Å². The molecule has 1 atom stereocenters. The molecule has 0 saturated carbocycles. The van der Waals surface area contributed by atoms with Crippen LogP contribution in [0.25, 0.3) is 11.2 Å². The summed E-state index contributed by atoms with van der Waals surface area (Å²) in [4.78, 5) is 22.0. The Labute approximate surface area is 84.9 Å². The van der Waals surface area contributed by atoms with Crippen LogP contribution in [0.1, 0.15) is 19.1 Å².